The summed E-state index contributed by atoms with van der Waals surface area (Å²) in [7, 11) is 0. The molecule has 0 bridgehead atoms. The molecular formula is C15H13NOS. The summed E-state index contributed by atoms with van der Waals surface area (Å²) in [6.45, 7) is 0.169. The molecule has 3 aromatic rings. The SMILES string of the molecule is OCCc1ccccc1-c1nc2ccccc2s1. The van der Waals surface area contributed by atoms with Crippen LogP contribution >= 0.6 is 11.3 Å². The summed E-state index contributed by atoms with van der Waals surface area (Å²) in [4.78, 5) is 4.66. The van der Waals surface area contributed by atoms with Gasteiger partial charge in [0.25, 0.3) is 0 Å². The molecule has 1 N–H and O–H groups in total. The molecule has 18 heavy (non-hydrogen) atoms. The van der Waals surface area contributed by atoms with Crippen molar-refractivity contribution in [1.82, 2.24) is 4.98 Å². The lowest BCUT2D eigenvalue weighted by Gasteiger charge is -2.04. The van der Waals surface area contributed by atoms with Crippen molar-refractivity contribution in [3.05, 3.63) is 54.1 Å². The second kappa shape index (κ2) is 4.88. The van der Waals surface area contributed by atoms with E-state index in [9.17, 15) is 0 Å². The number of aliphatic hydroxyl groups excluding tert-OH is 1. The van der Waals surface area contributed by atoms with Crippen LogP contribution in [0.5, 0.6) is 0 Å². The first kappa shape index (κ1) is 11.4. The van der Waals surface area contributed by atoms with Crippen molar-refractivity contribution >= 4 is 21.6 Å². The molecular weight excluding hydrogens is 242 g/mol. The Morgan fingerprint density at radius 3 is 2.61 bits per heavy atom. The number of hydrogen-bond donors (Lipinski definition) is 1. The van der Waals surface area contributed by atoms with E-state index < -0.39 is 0 Å². The van der Waals surface area contributed by atoms with E-state index in [-0.39, 0.29) is 6.61 Å². The standard InChI is InChI=1S/C15H13NOS/c17-10-9-11-5-1-2-6-12(11)15-16-13-7-3-4-8-14(13)18-15/h1-8,17H,9-10H2. The molecule has 3 heteroatoms. The maximum Gasteiger partial charge on any atom is 0.124 e. The summed E-state index contributed by atoms with van der Waals surface area (Å²) in [5.41, 5.74) is 3.32. The van der Waals surface area contributed by atoms with Gasteiger partial charge in [0.1, 0.15) is 5.01 Å². The molecule has 0 spiro atoms. The highest BCUT2D eigenvalue weighted by Gasteiger charge is 2.09. The van der Waals surface area contributed by atoms with Crippen molar-refractivity contribution in [2.45, 2.75) is 6.42 Å². The Morgan fingerprint density at radius 2 is 1.78 bits per heavy atom. The van der Waals surface area contributed by atoms with Gasteiger partial charge < -0.3 is 5.11 Å². The minimum atomic E-state index is 0.169. The number of fused-ring (bicyclic) bond motifs is 1. The zero-order valence-electron chi connectivity index (χ0n) is 9.84. The van der Waals surface area contributed by atoms with E-state index in [4.69, 9.17) is 5.11 Å². The monoisotopic (exact) mass is 255 g/mol. The first-order chi connectivity index (χ1) is 8.88. The van der Waals surface area contributed by atoms with Crippen LogP contribution in [0.3, 0.4) is 0 Å². The normalized spacial score (nSPS) is 10.9. The Bertz CT molecular complexity index is 642. The van der Waals surface area contributed by atoms with Crippen LogP contribution in [0.4, 0.5) is 0 Å². The third-order valence-electron chi connectivity index (χ3n) is 2.92. The van der Waals surface area contributed by atoms with Crippen LogP contribution in [-0.2, 0) is 6.42 Å². The maximum atomic E-state index is 9.11. The predicted molar refractivity (Wildman–Crippen MR) is 75.8 cm³/mol. The summed E-state index contributed by atoms with van der Waals surface area (Å²) in [6.07, 6.45) is 0.673. The van der Waals surface area contributed by atoms with Gasteiger partial charge in [0.05, 0.1) is 10.2 Å². The molecule has 0 atom stereocenters. The number of thiazole rings is 1. The molecule has 0 aliphatic carbocycles. The molecule has 0 saturated carbocycles. The van der Waals surface area contributed by atoms with Crippen LogP contribution in [0.25, 0.3) is 20.8 Å². The Morgan fingerprint density at radius 1 is 1.00 bits per heavy atom. The van der Waals surface area contributed by atoms with E-state index in [2.05, 4.69) is 23.2 Å². The second-order valence-electron chi connectivity index (χ2n) is 4.12. The van der Waals surface area contributed by atoms with E-state index in [1.807, 2.05) is 30.3 Å². The number of aromatic nitrogens is 1. The van der Waals surface area contributed by atoms with E-state index >= 15 is 0 Å². The molecule has 0 saturated heterocycles. The molecule has 1 aromatic heterocycles. The zero-order valence-corrected chi connectivity index (χ0v) is 10.7. The zero-order chi connectivity index (χ0) is 12.4. The van der Waals surface area contributed by atoms with Crippen LogP contribution in [0.1, 0.15) is 5.56 Å². The molecule has 3 rings (SSSR count). The molecule has 0 amide bonds. The first-order valence-corrected chi connectivity index (χ1v) is 6.75. The van der Waals surface area contributed by atoms with Gasteiger partial charge in [-0.3, -0.25) is 0 Å². The lowest BCUT2D eigenvalue weighted by atomic mass is 10.1. The van der Waals surface area contributed by atoms with Crippen LogP contribution in [0, 0.1) is 0 Å². The van der Waals surface area contributed by atoms with Gasteiger partial charge in [-0.2, -0.15) is 0 Å². The quantitative estimate of drug-likeness (QED) is 0.777. The van der Waals surface area contributed by atoms with Crippen molar-refractivity contribution in [2.75, 3.05) is 6.61 Å². The Kier molecular flexibility index (Phi) is 3.09. The predicted octanol–water partition coefficient (Wildman–Crippen LogP) is 3.50. The van der Waals surface area contributed by atoms with Gasteiger partial charge in [-0.15, -0.1) is 11.3 Å². The van der Waals surface area contributed by atoms with E-state index in [1.54, 1.807) is 11.3 Å². The third kappa shape index (κ3) is 2.03. The fraction of sp³-hybridized carbons (Fsp3) is 0.133. The molecule has 0 radical (unpaired) electrons. The maximum absolute atomic E-state index is 9.11. The van der Waals surface area contributed by atoms with Crippen molar-refractivity contribution in [1.29, 1.82) is 0 Å². The summed E-state index contributed by atoms with van der Waals surface area (Å²) in [5, 5.41) is 10.1. The Balaban J connectivity index is 2.13. The number of nitrogens with zero attached hydrogens (tertiary/aromatic N) is 1. The average molecular weight is 255 g/mol. The molecule has 2 nitrogen and oxygen atoms in total. The number of aliphatic hydroxyl groups is 1. The fourth-order valence-electron chi connectivity index (χ4n) is 2.05. The van der Waals surface area contributed by atoms with Gasteiger partial charge in [0, 0.05) is 12.2 Å². The largest absolute Gasteiger partial charge is 0.396 e. The van der Waals surface area contributed by atoms with Gasteiger partial charge >= 0.3 is 0 Å². The third-order valence-corrected chi connectivity index (χ3v) is 3.99. The molecule has 0 aliphatic rings. The van der Waals surface area contributed by atoms with E-state index in [1.165, 1.54) is 4.70 Å². The molecule has 0 unspecified atom stereocenters. The lowest BCUT2D eigenvalue weighted by molar-refractivity contribution is 0.300. The van der Waals surface area contributed by atoms with Gasteiger partial charge in [-0.25, -0.2) is 4.98 Å². The lowest BCUT2D eigenvalue weighted by Crippen LogP contribution is -1.93. The van der Waals surface area contributed by atoms with Gasteiger partial charge in [0.2, 0.25) is 0 Å². The summed E-state index contributed by atoms with van der Waals surface area (Å²) in [6, 6.07) is 16.3. The number of hydrogen-bond acceptors (Lipinski definition) is 3. The highest BCUT2D eigenvalue weighted by molar-refractivity contribution is 7.21. The van der Waals surface area contributed by atoms with Crippen LogP contribution in [-0.4, -0.2) is 16.7 Å². The van der Waals surface area contributed by atoms with Crippen molar-refractivity contribution in [3.8, 4) is 10.6 Å². The number of rotatable bonds is 3. The highest BCUT2D eigenvalue weighted by Crippen LogP contribution is 2.32. The van der Waals surface area contributed by atoms with Crippen LogP contribution < -0.4 is 0 Å². The Hall–Kier alpha value is -1.71. The minimum absolute atomic E-state index is 0.169. The Labute approximate surface area is 110 Å². The molecule has 2 aromatic carbocycles. The first-order valence-electron chi connectivity index (χ1n) is 5.93. The van der Waals surface area contributed by atoms with Crippen molar-refractivity contribution < 1.29 is 5.11 Å². The number of benzene rings is 2. The van der Waals surface area contributed by atoms with Crippen LogP contribution in [0.2, 0.25) is 0 Å². The van der Waals surface area contributed by atoms with E-state index in [0.717, 1.165) is 21.7 Å². The summed E-state index contributed by atoms with van der Waals surface area (Å²) in [5.74, 6) is 0. The van der Waals surface area contributed by atoms with Crippen molar-refractivity contribution in [2.24, 2.45) is 0 Å². The van der Waals surface area contributed by atoms with Crippen molar-refractivity contribution in [3.63, 3.8) is 0 Å². The average Bonchev–Trinajstić information content (AvgIpc) is 2.83. The van der Waals surface area contributed by atoms with Gasteiger partial charge in [-0.05, 0) is 24.1 Å². The molecule has 90 valence electrons. The smallest absolute Gasteiger partial charge is 0.124 e. The summed E-state index contributed by atoms with van der Waals surface area (Å²) >= 11 is 1.70. The molecule has 0 fully saturated rings. The van der Waals surface area contributed by atoms with Gasteiger partial charge in [-0.1, -0.05) is 36.4 Å². The highest BCUT2D eigenvalue weighted by atomic mass is 32.1. The van der Waals surface area contributed by atoms with E-state index in [0.29, 0.717) is 6.42 Å². The fourth-order valence-corrected chi connectivity index (χ4v) is 3.08. The number of para-hydroxylation sites is 1. The second-order valence-corrected chi connectivity index (χ2v) is 5.15. The minimum Gasteiger partial charge on any atom is -0.396 e. The topological polar surface area (TPSA) is 33.1 Å². The summed E-state index contributed by atoms with van der Waals surface area (Å²) < 4.78 is 1.20. The molecule has 0 aliphatic heterocycles. The molecule has 1 heterocycles. The van der Waals surface area contributed by atoms with Crippen LogP contribution in [0.15, 0.2) is 48.5 Å². The van der Waals surface area contributed by atoms with Gasteiger partial charge in [0.15, 0.2) is 0 Å².